The molecule has 0 saturated heterocycles. The topological polar surface area (TPSA) is 85.9 Å². The Hall–Kier alpha value is -2.44. The third kappa shape index (κ3) is 5.21. The molecule has 7 nitrogen and oxygen atoms in total. The minimum atomic E-state index is -0.456. The number of methoxy groups -OCH3 is 2. The number of hydrogen-bond acceptors (Lipinski definition) is 5. The van der Waals surface area contributed by atoms with Crippen molar-refractivity contribution in [3.63, 3.8) is 0 Å². The van der Waals surface area contributed by atoms with Crippen LogP contribution < -0.4 is 20.1 Å². The Morgan fingerprint density at radius 3 is 2.29 bits per heavy atom. The molecule has 2 N–H and O–H groups in total. The summed E-state index contributed by atoms with van der Waals surface area (Å²) >= 11 is 0. The molecule has 1 aromatic carbocycles. The zero-order chi connectivity index (χ0) is 15.7. The molecule has 0 aliphatic heterocycles. The van der Waals surface area contributed by atoms with E-state index in [-0.39, 0.29) is 18.9 Å². The minimum absolute atomic E-state index is 0.115. The summed E-state index contributed by atoms with van der Waals surface area (Å²) in [5.74, 6) is 0.609. The molecule has 21 heavy (non-hydrogen) atoms. The first-order chi connectivity index (χ1) is 10.1. The van der Waals surface area contributed by atoms with E-state index in [9.17, 15) is 9.59 Å². The van der Waals surface area contributed by atoms with Gasteiger partial charge in [0.05, 0.1) is 27.2 Å². The lowest BCUT2D eigenvalue weighted by atomic mass is 10.2. The highest BCUT2D eigenvalue weighted by Crippen LogP contribution is 2.33. The summed E-state index contributed by atoms with van der Waals surface area (Å²) < 4.78 is 15.1. The van der Waals surface area contributed by atoms with Crippen LogP contribution in [0.5, 0.6) is 11.5 Å². The van der Waals surface area contributed by atoms with Crippen molar-refractivity contribution in [3.8, 4) is 11.5 Å². The summed E-state index contributed by atoms with van der Waals surface area (Å²) in [6.45, 7) is 2.23. The molecular formula is C14H20N2O5. The molecule has 0 fully saturated rings. The third-order valence-corrected chi connectivity index (χ3v) is 2.59. The van der Waals surface area contributed by atoms with E-state index < -0.39 is 6.03 Å². The van der Waals surface area contributed by atoms with Crippen LogP contribution in [0.4, 0.5) is 10.5 Å². The van der Waals surface area contributed by atoms with Crippen LogP contribution >= 0.6 is 0 Å². The van der Waals surface area contributed by atoms with Gasteiger partial charge < -0.3 is 24.8 Å². The molecule has 0 heterocycles. The van der Waals surface area contributed by atoms with Gasteiger partial charge in [0.15, 0.2) is 0 Å². The van der Waals surface area contributed by atoms with Crippen LogP contribution in [0.15, 0.2) is 18.2 Å². The number of para-hydroxylation sites is 1. The first-order valence-corrected chi connectivity index (χ1v) is 6.53. The van der Waals surface area contributed by atoms with E-state index >= 15 is 0 Å². The number of nitrogens with one attached hydrogen (secondary N) is 2. The first-order valence-electron chi connectivity index (χ1n) is 6.53. The fourth-order valence-electron chi connectivity index (χ4n) is 1.64. The Morgan fingerprint density at radius 1 is 1.14 bits per heavy atom. The monoisotopic (exact) mass is 296 g/mol. The second-order valence-corrected chi connectivity index (χ2v) is 3.97. The number of ether oxygens (including phenoxy) is 3. The zero-order valence-corrected chi connectivity index (χ0v) is 12.4. The molecule has 0 aromatic heterocycles. The second-order valence-electron chi connectivity index (χ2n) is 3.97. The summed E-state index contributed by atoms with van der Waals surface area (Å²) in [6.07, 6.45) is 0.115. The smallest absolute Gasteiger partial charge is 0.319 e. The molecule has 0 unspecified atom stereocenters. The minimum Gasteiger partial charge on any atom is -0.494 e. The molecular weight excluding hydrogens is 276 g/mol. The van der Waals surface area contributed by atoms with Gasteiger partial charge >= 0.3 is 12.0 Å². The van der Waals surface area contributed by atoms with Crippen molar-refractivity contribution in [2.75, 3.05) is 32.7 Å². The Balaban J connectivity index is 2.57. The van der Waals surface area contributed by atoms with Gasteiger partial charge in [-0.2, -0.15) is 0 Å². The summed E-state index contributed by atoms with van der Waals surface area (Å²) in [5.41, 5.74) is 0.427. The average Bonchev–Trinajstić information content (AvgIpc) is 2.47. The van der Waals surface area contributed by atoms with Crippen LogP contribution in [0.1, 0.15) is 13.3 Å². The van der Waals surface area contributed by atoms with E-state index in [2.05, 4.69) is 10.6 Å². The molecule has 1 aromatic rings. The van der Waals surface area contributed by atoms with Crippen LogP contribution in [0.2, 0.25) is 0 Å². The molecule has 0 saturated carbocycles. The van der Waals surface area contributed by atoms with Gasteiger partial charge in [-0.1, -0.05) is 6.07 Å². The molecule has 2 amide bonds. The molecule has 0 aliphatic carbocycles. The average molecular weight is 296 g/mol. The van der Waals surface area contributed by atoms with E-state index in [4.69, 9.17) is 14.2 Å². The first kappa shape index (κ1) is 16.6. The normalized spacial score (nSPS) is 9.67. The summed E-state index contributed by atoms with van der Waals surface area (Å²) in [4.78, 5) is 23.0. The second kappa shape index (κ2) is 8.68. The van der Waals surface area contributed by atoms with E-state index in [1.165, 1.54) is 14.2 Å². The number of hydrogen-bond donors (Lipinski definition) is 2. The van der Waals surface area contributed by atoms with Gasteiger partial charge in [-0.3, -0.25) is 4.79 Å². The van der Waals surface area contributed by atoms with Gasteiger partial charge in [0.25, 0.3) is 0 Å². The molecule has 1 rings (SSSR count). The van der Waals surface area contributed by atoms with Crippen LogP contribution in [0, 0.1) is 0 Å². The highest BCUT2D eigenvalue weighted by Gasteiger charge is 2.13. The van der Waals surface area contributed by atoms with Gasteiger partial charge in [0, 0.05) is 6.54 Å². The van der Waals surface area contributed by atoms with E-state index in [0.717, 1.165) is 0 Å². The Kier molecular flexibility index (Phi) is 6.86. The summed E-state index contributed by atoms with van der Waals surface area (Å²) in [5, 5.41) is 5.20. The lowest BCUT2D eigenvalue weighted by Gasteiger charge is -2.14. The number of amides is 2. The molecule has 7 heteroatoms. The van der Waals surface area contributed by atoms with Crippen molar-refractivity contribution in [1.82, 2.24) is 5.32 Å². The van der Waals surface area contributed by atoms with Crippen LogP contribution in [0.25, 0.3) is 0 Å². The Bertz CT molecular complexity index is 468. The quantitative estimate of drug-likeness (QED) is 0.749. The van der Waals surface area contributed by atoms with Crippen molar-refractivity contribution in [3.05, 3.63) is 18.2 Å². The van der Waals surface area contributed by atoms with E-state index in [0.29, 0.717) is 23.8 Å². The maximum absolute atomic E-state index is 11.8. The van der Waals surface area contributed by atoms with Gasteiger partial charge in [0.1, 0.15) is 17.2 Å². The lowest BCUT2D eigenvalue weighted by molar-refractivity contribution is -0.142. The SMILES string of the molecule is CCOC(=O)CCNC(=O)Nc1c(OC)cccc1OC. The van der Waals surface area contributed by atoms with Crippen molar-refractivity contribution in [2.24, 2.45) is 0 Å². The van der Waals surface area contributed by atoms with Gasteiger partial charge in [-0.05, 0) is 19.1 Å². The van der Waals surface area contributed by atoms with Crippen molar-refractivity contribution >= 4 is 17.7 Å². The highest BCUT2D eigenvalue weighted by molar-refractivity contribution is 5.93. The van der Waals surface area contributed by atoms with Crippen LogP contribution in [-0.4, -0.2) is 39.4 Å². The Morgan fingerprint density at radius 2 is 1.76 bits per heavy atom. The number of carbonyl (C=O) groups excluding carboxylic acids is 2. The number of anilines is 1. The van der Waals surface area contributed by atoms with E-state index in [1.54, 1.807) is 25.1 Å². The van der Waals surface area contributed by atoms with Crippen LogP contribution in [0.3, 0.4) is 0 Å². The highest BCUT2D eigenvalue weighted by atomic mass is 16.5. The fourth-order valence-corrected chi connectivity index (χ4v) is 1.64. The molecule has 116 valence electrons. The third-order valence-electron chi connectivity index (χ3n) is 2.59. The van der Waals surface area contributed by atoms with Gasteiger partial charge in [-0.15, -0.1) is 0 Å². The lowest BCUT2D eigenvalue weighted by Crippen LogP contribution is -2.31. The summed E-state index contributed by atoms with van der Waals surface area (Å²) in [7, 11) is 3.00. The predicted octanol–water partition coefficient (Wildman–Crippen LogP) is 1.78. The maximum Gasteiger partial charge on any atom is 0.319 e. The largest absolute Gasteiger partial charge is 0.494 e. The number of esters is 1. The van der Waals surface area contributed by atoms with Crippen molar-refractivity contribution in [1.29, 1.82) is 0 Å². The molecule has 0 aliphatic rings. The standard InChI is InChI=1S/C14H20N2O5/c1-4-21-12(17)8-9-15-14(18)16-13-10(19-2)6-5-7-11(13)20-3/h5-7H,4,8-9H2,1-3H3,(H2,15,16,18). The molecule has 0 bridgehead atoms. The summed E-state index contributed by atoms with van der Waals surface area (Å²) in [6, 6.07) is 4.71. The zero-order valence-electron chi connectivity index (χ0n) is 12.4. The molecule has 0 spiro atoms. The number of carbonyl (C=O) groups is 2. The maximum atomic E-state index is 11.8. The number of urea groups is 1. The van der Waals surface area contributed by atoms with Crippen molar-refractivity contribution in [2.45, 2.75) is 13.3 Å². The van der Waals surface area contributed by atoms with E-state index in [1.807, 2.05) is 0 Å². The molecule has 0 atom stereocenters. The Labute approximate surface area is 123 Å². The van der Waals surface area contributed by atoms with Gasteiger partial charge in [0.2, 0.25) is 0 Å². The van der Waals surface area contributed by atoms with Crippen molar-refractivity contribution < 1.29 is 23.8 Å². The molecule has 0 radical (unpaired) electrons. The fraction of sp³-hybridized carbons (Fsp3) is 0.429. The van der Waals surface area contributed by atoms with Crippen LogP contribution in [-0.2, 0) is 9.53 Å². The predicted molar refractivity (Wildman–Crippen MR) is 77.8 cm³/mol. The number of rotatable bonds is 7. The van der Waals surface area contributed by atoms with Gasteiger partial charge in [-0.25, -0.2) is 4.79 Å². The number of benzene rings is 1.